The third-order valence-electron chi connectivity index (χ3n) is 5.16. The van der Waals surface area contributed by atoms with Crippen LogP contribution in [-0.4, -0.2) is 72.0 Å². The second-order valence-electron chi connectivity index (χ2n) is 6.98. The van der Waals surface area contributed by atoms with Gasteiger partial charge in [0.1, 0.15) is 13.2 Å². The van der Waals surface area contributed by atoms with E-state index in [9.17, 15) is 14.4 Å². The highest BCUT2D eigenvalue weighted by molar-refractivity contribution is 8.14. The van der Waals surface area contributed by atoms with Crippen molar-refractivity contribution in [3.05, 3.63) is 23.8 Å². The molecule has 1 N–H and O–H groups in total. The van der Waals surface area contributed by atoms with E-state index in [4.69, 9.17) is 9.47 Å². The summed E-state index contributed by atoms with van der Waals surface area (Å²) < 4.78 is 11.3. The molecule has 3 aliphatic rings. The van der Waals surface area contributed by atoms with Gasteiger partial charge in [0.15, 0.2) is 11.5 Å². The Morgan fingerprint density at radius 1 is 1.21 bits per heavy atom. The molecule has 2 saturated heterocycles. The van der Waals surface area contributed by atoms with E-state index in [1.165, 1.54) is 4.90 Å². The fourth-order valence-electron chi connectivity index (χ4n) is 3.80. The first-order valence-corrected chi connectivity index (χ1v) is 10.5. The van der Waals surface area contributed by atoms with Gasteiger partial charge in [-0.15, -0.1) is 0 Å². The smallest absolute Gasteiger partial charge is 0.288 e. The Labute approximate surface area is 167 Å². The van der Waals surface area contributed by atoms with Gasteiger partial charge in [-0.3, -0.25) is 24.2 Å². The Kier molecular flexibility index (Phi) is 5.72. The zero-order chi connectivity index (χ0) is 19.5. The van der Waals surface area contributed by atoms with Gasteiger partial charge < -0.3 is 14.8 Å². The lowest BCUT2D eigenvalue weighted by atomic mass is 10.0. The van der Waals surface area contributed by atoms with Crippen LogP contribution < -0.4 is 14.8 Å². The molecule has 0 aliphatic carbocycles. The topological polar surface area (TPSA) is 88.2 Å². The summed E-state index contributed by atoms with van der Waals surface area (Å²) in [7, 11) is 0. The molecule has 1 unspecified atom stereocenters. The molecular formula is C19H23N3O5S. The summed E-state index contributed by atoms with van der Waals surface area (Å²) in [4.78, 5) is 38.9. The zero-order valence-electron chi connectivity index (χ0n) is 15.5. The highest BCUT2D eigenvalue weighted by Gasteiger charge is 2.30. The number of thioether (sulfide) groups is 1. The molecule has 0 bridgehead atoms. The number of nitrogens with one attached hydrogen (secondary N) is 1. The number of fused-ring (bicyclic) bond motifs is 1. The van der Waals surface area contributed by atoms with Crippen molar-refractivity contribution in [2.24, 2.45) is 0 Å². The quantitative estimate of drug-likeness (QED) is 0.765. The van der Waals surface area contributed by atoms with E-state index < -0.39 is 0 Å². The van der Waals surface area contributed by atoms with Gasteiger partial charge in [0, 0.05) is 19.1 Å². The van der Waals surface area contributed by atoms with E-state index in [0.717, 1.165) is 48.2 Å². The van der Waals surface area contributed by atoms with Gasteiger partial charge in [0.05, 0.1) is 12.3 Å². The standard InChI is InChI=1S/C19H23N3O5S/c23-17(20-5-7-22-18(24)12-28-19(22)25)11-21-6-1-2-14(21)13-3-4-15-16(10-13)27-9-8-26-15/h3-4,10,14H,1-2,5-9,11-12H2,(H,20,23). The van der Waals surface area contributed by atoms with Crippen molar-refractivity contribution in [3.8, 4) is 11.5 Å². The summed E-state index contributed by atoms with van der Waals surface area (Å²) in [5, 5.41) is 2.58. The maximum Gasteiger partial charge on any atom is 0.288 e. The van der Waals surface area contributed by atoms with Crippen molar-refractivity contribution in [2.75, 3.05) is 45.1 Å². The first-order valence-electron chi connectivity index (χ1n) is 9.49. The second-order valence-corrected chi connectivity index (χ2v) is 7.91. The number of carbonyl (C=O) groups is 3. The van der Waals surface area contributed by atoms with Crippen molar-refractivity contribution in [2.45, 2.75) is 18.9 Å². The van der Waals surface area contributed by atoms with Gasteiger partial charge in [-0.1, -0.05) is 17.8 Å². The molecule has 4 rings (SSSR count). The van der Waals surface area contributed by atoms with E-state index in [2.05, 4.69) is 10.2 Å². The van der Waals surface area contributed by atoms with Crippen LogP contribution in [0.4, 0.5) is 4.79 Å². The highest BCUT2D eigenvalue weighted by Crippen LogP contribution is 2.37. The van der Waals surface area contributed by atoms with Crippen LogP contribution in [0.1, 0.15) is 24.4 Å². The number of nitrogens with zero attached hydrogens (tertiary/aromatic N) is 2. The van der Waals surface area contributed by atoms with Crippen molar-refractivity contribution in [1.82, 2.24) is 15.1 Å². The van der Waals surface area contributed by atoms with Crippen molar-refractivity contribution in [1.29, 1.82) is 0 Å². The van der Waals surface area contributed by atoms with Gasteiger partial charge in [-0.2, -0.15) is 0 Å². The molecular weight excluding hydrogens is 382 g/mol. The number of benzene rings is 1. The third-order valence-corrected chi connectivity index (χ3v) is 6.02. The third kappa shape index (κ3) is 4.10. The van der Waals surface area contributed by atoms with Gasteiger partial charge >= 0.3 is 0 Å². The summed E-state index contributed by atoms with van der Waals surface area (Å²) in [6.45, 7) is 2.76. The number of imide groups is 1. The summed E-state index contributed by atoms with van der Waals surface area (Å²) >= 11 is 1.00. The predicted octanol–water partition coefficient (Wildman–Crippen LogP) is 1.41. The van der Waals surface area contributed by atoms with Crippen LogP contribution >= 0.6 is 11.8 Å². The van der Waals surface area contributed by atoms with Crippen LogP contribution in [0.25, 0.3) is 0 Å². The summed E-state index contributed by atoms with van der Waals surface area (Å²) in [6.07, 6.45) is 2.02. The fourth-order valence-corrected chi connectivity index (χ4v) is 4.56. The van der Waals surface area contributed by atoms with Crippen LogP contribution in [0.5, 0.6) is 11.5 Å². The van der Waals surface area contributed by atoms with E-state index >= 15 is 0 Å². The van der Waals surface area contributed by atoms with Crippen molar-refractivity contribution in [3.63, 3.8) is 0 Å². The zero-order valence-corrected chi connectivity index (χ0v) is 16.3. The molecule has 3 aliphatic heterocycles. The number of hydrogen-bond acceptors (Lipinski definition) is 7. The first kappa shape index (κ1) is 19.1. The lowest BCUT2D eigenvalue weighted by Gasteiger charge is -2.26. The van der Waals surface area contributed by atoms with E-state index in [-0.39, 0.29) is 48.5 Å². The first-order chi connectivity index (χ1) is 13.6. The summed E-state index contributed by atoms with van der Waals surface area (Å²) in [6, 6.07) is 6.15. The molecule has 8 nitrogen and oxygen atoms in total. The lowest BCUT2D eigenvalue weighted by molar-refractivity contribution is -0.126. The molecule has 1 atom stereocenters. The SMILES string of the molecule is O=C(CN1CCCC1c1ccc2c(c1)OCCO2)NCCN1C(=O)CSC1=O. The minimum atomic E-state index is -0.238. The Morgan fingerprint density at radius 2 is 2.04 bits per heavy atom. The number of amides is 3. The molecule has 0 spiro atoms. The highest BCUT2D eigenvalue weighted by atomic mass is 32.2. The number of ether oxygens (including phenoxy) is 2. The molecule has 0 radical (unpaired) electrons. The minimum Gasteiger partial charge on any atom is -0.486 e. The second kappa shape index (κ2) is 8.40. The largest absolute Gasteiger partial charge is 0.486 e. The molecule has 1 aromatic rings. The van der Waals surface area contributed by atoms with E-state index in [0.29, 0.717) is 13.2 Å². The predicted molar refractivity (Wildman–Crippen MR) is 104 cm³/mol. The summed E-state index contributed by atoms with van der Waals surface area (Å²) in [5.41, 5.74) is 1.12. The summed E-state index contributed by atoms with van der Waals surface area (Å²) in [5.74, 6) is 1.43. The Balaban J connectivity index is 1.30. The maximum atomic E-state index is 12.4. The monoisotopic (exact) mass is 405 g/mol. The van der Waals surface area contributed by atoms with Gasteiger partial charge in [-0.05, 0) is 37.1 Å². The number of carbonyl (C=O) groups excluding carboxylic acids is 3. The Morgan fingerprint density at radius 3 is 2.82 bits per heavy atom. The molecule has 28 heavy (non-hydrogen) atoms. The molecule has 0 aromatic heterocycles. The van der Waals surface area contributed by atoms with E-state index in [1.54, 1.807) is 0 Å². The van der Waals surface area contributed by atoms with Crippen molar-refractivity contribution < 1.29 is 23.9 Å². The number of rotatable bonds is 6. The lowest BCUT2D eigenvalue weighted by Crippen LogP contribution is -2.41. The normalized spacial score (nSPS) is 22.0. The van der Waals surface area contributed by atoms with Crippen LogP contribution in [0, 0.1) is 0 Å². The van der Waals surface area contributed by atoms with Crippen LogP contribution in [0.15, 0.2) is 18.2 Å². The van der Waals surface area contributed by atoms with Crippen LogP contribution in [0.2, 0.25) is 0 Å². The van der Waals surface area contributed by atoms with Gasteiger partial charge in [0.25, 0.3) is 5.24 Å². The Bertz CT molecular complexity index is 771. The fraction of sp³-hybridized carbons (Fsp3) is 0.526. The van der Waals surface area contributed by atoms with Gasteiger partial charge in [-0.25, -0.2) is 0 Å². The maximum absolute atomic E-state index is 12.4. The minimum absolute atomic E-state index is 0.101. The molecule has 150 valence electrons. The molecule has 1 aromatic carbocycles. The van der Waals surface area contributed by atoms with Gasteiger partial charge in [0.2, 0.25) is 11.8 Å². The number of likely N-dealkylation sites (tertiary alicyclic amines) is 1. The van der Waals surface area contributed by atoms with Crippen LogP contribution in [0.3, 0.4) is 0 Å². The van der Waals surface area contributed by atoms with E-state index in [1.807, 2.05) is 18.2 Å². The van der Waals surface area contributed by atoms with Crippen molar-refractivity contribution >= 4 is 28.8 Å². The molecule has 2 fully saturated rings. The molecule has 3 amide bonds. The average molecular weight is 405 g/mol. The molecule has 0 saturated carbocycles. The van der Waals surface area contributed by atoms with Crippen LogP contribution in [-0.2, 0) is 9.59 Å². The molecule has 9 heteroatoms. The Hall–Kier alpha value is -2.26. The number of hydrogen-bond donors (Lipinski definition) is 1. The molecule has 3 heterocycles. The average Bonchev–Trinajstić information content (AvgIpc) is 3.29.